The van der Waals surface area contributed by atoms with Crippen LogP contribution in [0.1, 0.15) is 32.1 Å². The highest BCUT2D eigenvalue weighted by Gasteiger charge is 2.13. The molecule has 0 atom stereocenters. The zero-order valence-corrected chi connectivity index (χ0v) is 15.1. The number of rotatable bonds is 7. The molecule has 0 unspecified atom stereocenters. The minimum atomic E-state index is -0.0437. The number of amides is 1. The molecule has 1 aliphatic rings. The second-order valence-electron chi connectivity index (χ2n) is 5.22. The Kier molecular flexibility index (Phi) is 7.71. The van der Waals surface area contributed by atoms with Gasteiger partial charge in [-0.05, 0) is 59.7 Å². The summed E-state index contributed by atoms with van der Waals surface area (Å²) in [6, 6.07) is 7.70. The number of halogens is 1. The number of thioether (sulfide) groups is 1. The van der Waals surface area contributed by atoms with Crippen molar-refractivity contribution in [2.75, 3.05) is 18.9 Å². The SMILES string of the molecule is O=C(COc1ccc(I)cc1)NCCSC1CCCCC1. The number of nitrogens with one attached hydrogen (secondary N) is 1. The van der Waals surface area contributed by atoms with Crippen LogP contribution < -0.4 is 10.1 Å². The van der Waals surface area contributed by atoms with E-state index >= 15 is 0 Å². The molecule has 0 heterocycles. The van der Waals surface area contributed by atoms with E-state index in [-0.39, 0.29) is 12.5 Å². The van der Waals surface area contributed by atoms with Gasteiger partial charge in [0.25, 0.3) is 5.91 Å². The predicted molar refractivity (Wildman–Crippen MR) is 97.0 cm³/mol. The molecule has 1 N–H and O–H groups in total. The summed E-state index contributed by atoms with van der Waals surface area (Å²) >= 11 is 4.24. The number of ether oxygens (including phenoxy) is 1. The quantitative estimate of drug-likeness (QED) is 0.539. The zero-order chi connectivity index (χ0) is 14.9. The minimum Gasteiger partial charge on any atom is -0.484 e. The van der Waals surface area contributed by atoms with Gasteiger partial charge in [-0.2, -0.15) is 11.8 Å². The molecular weight excluding hydrogens is 397 g/mol. The van der Waals surface area contributed by atoms with Crippen LogP contribution in [0.15, 0.2) is 24.3 Å². The van der Waals surface area contributed by atoms with E-state index in [1.54, 1.807) is 0 Å². The molecule has 0 radical (unpaired) electrons. The number of carbonyl (C=O) groups excluding carboxylic acids is 1. The maximum atomic E-state index is 11.7. The zero-order valence-electron chi connectivity index (χ0n) is 12.1. The fourth-order valence-corrected chi connectivity index (χ4v) is 3.96. The van der Waals surface area contributed by atoms with E-state index in [2.05, 4.69) is 27.9 Å². The van der Waals surface area contributed by atoms with Crippen molar-refractivity contribution in [1.82, 2.24) is 5.32 Å². The van der Waals surface area contributed by atoms with Crippen molar-refractivity contribution in [1.29, 1.82) is 0 Å². The molecule has 1 amide bonds. The second-order valence-corrected chi connectivity index (χ2v) is 7.88. The minimum absolute atomic E-state index is 0.0437. The van der Waals surface area contributed by atoms with Gasteiger partial charge in [0.15, 0.2) is 6.61 Å². The van der Waals surface area contributed by atoms with Crippen LogP contribution in [0.3, 0.4) is 0 Å². The molecule has 0 aromatic heterocycles. The lowest BCUT2D eigenvalue weighted by Gasteiger charge is -2.20. The highest BCUT2D eigenvalue weighted by Crippen LogP contribution is 2.27. The third-order valence-corrected chi connectivity index (χ3v) is 5.62. The molecule has 1 aromatic rings. The smallest absolute Gasteiger partial charge is 0.257 e. The van der Waals surface area contributed by atoms with Gasteiger partial charge in [-0.1, -0.05) is 19.3 Å². The van der Waals surface area contributed by atoms with Crippen molar-refractivity contribution in [3.63, 3.8) is 0 Å². The van der Waals surface area contributed by atoms with Crippen LogP contribution >= 0.6 is 34.4 Å². The standard InChI is InChI=1S/C16H22INO2S/c17-13-6-8-14(9-7-13)20-12-16(19)18-10-11-21-15-4-2-1-3-5-15/h6-9,15H,1-5,10-12H2,(H,18,19). The Hall–Kier alpha value is -0.430. The van der Waals surface area contributed by atoms with Crippen LogP contribution in [-0.2, 0) is 4.79 Å². The van der Waals surface area contributed by atoms with Crippen LogP contribution in [0.2, 0.25) is 0 Å². The van der Waals surface area contributed by atoms with Gasteiger partial charge in [-0.25, -0.2) is 0 Å². The van der Waals surface area contributed by atoms with Gasteiger partial charge in [-0.15, -0.1) is 0 Å². The number of hydrogen-bond donors (Lipinski definition) is 1. The predicted octanol–water partition coefficient (Wildman–Crippen LogP) is 3.85. The van der Waals surface area contributed by atoms with Gasteiger partial charge >= 0.3 is 0 Å². The van der Waals surface area contributed by atoms with Gasteiger partial charge in [0.1, 0.15) is 5.75 Å². The van der Waals surface area contributed by atoms with Crippen molar-refractivity contribution in [2.24, 2.45) is 0 Å². The highest BCUT2D eigenvalue weighted by atomic mass is 127. The first kappa shape index (κ1) is 16.9. The third kappa shape index (κ3) is 6.91. The van der Waals surface area contributed by atoms with E-state index in [1.165, 1.54) is 32.1 Å². The molecule has 5 heteroatoms. The van der Waals surface area contributed by atoms with Crippen molar-refractivity contribution in [3.05, 3.63) is 27.8 Å². The third-order valence-electron chi connectivity index (χ3n) is 3.51. The van der Waals surface area contributed by atoms with Gasteiger partial charge in [0.05, 0.1) is 0 Å². The average molecular weight is 419 g/mol. The molecular formula is C16H22INO2S. The molecule has 0 spiro atoms. The second kappa shape index (κ2) is 9.56. The molecule has 2 rings (SSSR count). The van der Waals surface area contributed by atoms with Crippen LogP contribution in [0.25, 0.3) is 0 Å². The lowest BCUT2D eigenvalue weighted by Crippen LogP contribution is -2.31. The maximum absolute atomic E-state index is 11.7. The molecule has 1 aliphatic carbocycles. The van der Waals surface area contributed by atoms with Gasteiger partial charge in [-0.3, -0.25) is 4.79 Å². The summed E-state index contributed by atoms with van der Waals surface area (Å²) in [5.41, 5.74) is 0. The Balaban J connectivity index is 1.54. The summed E-state index contributed by atoms with van der Waals surface area (Å²) < 4.78 is 6.60. The summed E-state index contributed by atoms with van der Waals surface area (Å²) in [7, 11) is 0. The Bertz CT molecular complexity index is 432. The molecule has 116 valence electrons. The maximum Gasteiger partial charge on any atom is 0.257 e. The van der Waals surface area contributed by atoms with Crippen LogP contribution in [0.4, 0.5) is 0 Å². The summed E-state index contributed by atoms with van der Waals surface area (Å²) in [5, 5.41) is 3.72. The number of hydrogen-bond acceptors (Lipinski definition) is 3. The number of carbonyl (C=O) groups is 1. The van der Waals surface area contributed by atoms with Crippen LogP contribution in [0.5, 0.6) is 5.75 Å². The molecule has 0 aliphatic heterocycles. The summed E-state index contributed by atoms with van der Waals surface area (Å²) in [4.78, 5) is 11.7. The fraction of sp³-hybridized carbons (Fsp3) is 0.562. The van der Waals surface area contributed by atoms with Gasteiger partial charge in [0.2, 0.25) is 0 Å². The van der Waals surface area contributed by atoms with Crippen molar-refractivity contribution < 1.29 is 9.53 Å². The van der Waals surface area contributed by atoms with Crippen molar-refractivity contribution in [3.8, 4) is 5.75 Å². The molecule has 3 nitrogen and oxygen atoms in total. The number of benzene rings is 1. The molecule has 1 fully saturated rings. The first-order chi connectivity index (χ1) is 10.2. The van der Waals surface area contributed by atoms with Gasteiger partial charge < -0.3 is 10.1 Å². The Morgan fingerprint density at radius 3 is 2.67 bits per heavy atom. The van der Waals surface area contributed by atoms with Gasteiger partial charge in [0, 0.05) is 21.1 Å². The van der Waals surface area contributed by atoms with Crippen molar-refractivity contribution in [2.45, 2.75) is 37.4 Å². The molecule has 1 aromatic carbocycles. The summed E-state index contributed by atoms with van der Waals surface area (Å²) in [6.07, 6.45) is 6.81. The van der Waals surface area contributed by atoms with E-state index in [0.717, 1.165) is 26.9 Å². The summed E-state index contributed by atoms with van der Waals surface area (Å²) in [5.74, 6) is 1.69. The highest BCUT2D eigenvalue weighted by molar-refractivity contribution is 14.1. The van der Waals surface area contributed by atoms with E-state index in [4.69, 9.17) is 4.74 Å². The molecule has 0 saturated heterocycles. The first-order valence-corrected chi connectivity index (χ1v) is 9.63. The lowest BCUT2D eigenvalue weighted by molar-refractivity contribution is -0.122. The average Bonchev–Trinajstić information content (AvgIpc) is 2.52. The molecule has 1 saturated carbocycles. The Morgan fingerprint density at radius 2 is 1.95 bits per heavy atom. The fourth-order valence-electron chi connectivity index (χ4n) is 2.38. The van der Waals surface area contributed by atoms with Crippen LogP contribution in [0, 0.1) is 3.57 Å². The lowest BCUT2D eigenvalue weighted by atomic mass is 10.0. The molecule has 21 heavy (non-hydrogen) atoms. The summed E-state index contributed by atoms with van der Waals surface area (Å²) in [6.45, 7) is 0.824. The van der Waals surface area contributed by atoms with E-state index in [0.29, 0.717) is 0 Å². The molecule has 0 bridgehead atoms. The van der Waals surface area contributed by atoms with Crippen molar-refractivity contribution >= 4 is 40.3 Å². The van der Waals surface area contributed by atoms with Crippen LogP contribution in [-0.4, -0.2) is 30.1 Å². The first-order valence-electron chi connectivity index (χ1n) is 7.51. The largest absolute Gasteiger partial charge is 0.484 e. The normalized spacial score (nSPS) is 15.7. The Morgan fingerprint density at radius 1 is 1.24 bits per heavy atom. The topological polar surface area (TPSA) is 38.3 Å². The van der Waals surface area contributed by atoms with E-state index < -0.39 is 0 Å². The van der Waals surface area contributed by atoms with E-state index in [9.17, 15) is 4.79 Å². The van der Waals surface area contributed by atoms with E-state index in [1.807, 2.05) is 36.0 Å². The Labute approximate surface area is 144 Å². The monoisotopic (exact) mass is 419 g/mol.